The molecule has 4 aromatic carbocycles. The molecule has 0 saturated carbocycles. The Balaban J connectivity index is 0.000000155. The maximum absolute atomic E-state index is 4.70. The minimum absolute atomic E-state index is 0. The van der Waals surface area contributed by atoms with Crippen LogP contribution >= 0.6 is 0 Å². The van der Waals surface area contributed by atoms with Crippen LogP contribution in [0.3, 0.4) is 0 Å². The Morgan fingerprint density at radius 2 is 1.31 bits per heavy atom. The molecule has 0 amide bonds. The molecule has 0 aliphatic rings. The second kappa shape index (κ2) is 12.3. The van der Waals surface area contributed by atoms with Gasteiger partial charge in [-0.05, 0) is 29.0 Å². The summed E-state index contributed by atoms with van der Waals surface area (Å²) in [6.07, 6.45) is 7.35. The molecule has 0 bridgehead atoms. The Labute approximate surface area is 240 Å². The predicted molar refractivity (Wildman–Crippen MR) is 153 cm³/mol. The molecular weight excluding hydrogens is 657 g/mol. The Bertz CT molecular complexity index is 1750. The standard InChI is InChI=1S/C17H10N3.C17H12N.Ir/c1-2-4-12(5-3-1)17-19-11-14-7-6-13-10-18-9-8-15(13)16(14)20-17;1-3-7-14(8-4-1)16-11-12-18-17(13-16)15-9-5-2-6-10-15;/h1-4,6-11H;1-9,11-13H;/q2*-1;. The van der Waals surface area contributed by atoms with Crippen molar-refractivity contribution < 1.29 is 20.1 Å². The van der Waals surface area contributed by atoms with E-state index in [4.69, 9.17) is 4.98 Å². The third-order valence-electron chi connectivity index (χ3n) is 6.17. The Morgan fingerprint density at radius 1 is 0.564 bits per heavy atom. The Kier molecular flexibility index (Phi) is 8.23. The third-order valence-corrected chi connectivity index (χ3v) is 6.17. The van der Waals surface area contributed by atoms with E-state index in [-0.39, 0.29) is 20.1 Å². The van der Waals surface area contributed by atoms with Crippen LogP contribution in [0.5, 0.6) is 0 Å². The number of nitrogens with zero attached hydrogens (tertiary/aromatic N) is 4. The molecule has 0 fully saturated rings. The number of hydrogen-bond acceptors (Lipinski definition) is 4. The number of rotatable bonds is 3. The summed E-state index contributed by atoms with van der Waals surface area (Å²) in [6.45, 7) is 0. The van der Waals surface area contributed by atoms with Crippen LogP contribution in [0.15, 0.2) is 134 Å². The van der Waals surface area contributed by atoms with Crippen molar-refractivity contribution in [2.24, 2.45) is 0 Å². The van der Waals surface area contributed by atoms with Gasteiger partial charge in [0, 0.05) is 61.1 Å². The normalized spacial score (nSPS) is 10.4. The number of fused-ring (bicyclic) bond motifs is 3. The van der Waals surface area contributed by atoms with Crippen molar-refractivity contribution >= 4 is 21.7 Å². The van der Waals surface area contributed by atoms with Gasteiger partial charge in [0.25, 0.3) is 0 Å². The summed E-state index contributed by atoms with van der Waals surface area (Å²) in [6, 6.07) is 42.5. The van der Waals surface area contributed by atoms with Gasteiger partial charge in [-0.15, -0.1) is 71.8 Å². The fourth-order valence-corrected chi connectivity index (χ4v) is 4.27. The van der Waals surface area contributed by atoms with Gasteiger partial charge in [-0.25, -0.2) is 0 Å². The van der Waals surface area contributed by atoms with Crippen LogP contribution in [-0.4, -0.2) is 19.9 Å². The topological polar surface area (TPSA) is 51.6 Å². The first-order chi connectivity index (χ1) is 18.8. The summed E-state index contributed by atoms with van der Waals surface area (Å²) in [5.74, 6) is 0.697. The summed E-state index contributed by atoms with van der Waals surface area (Å²) >= 11 is 0. The Hall–Kier alpha value is -4.57. The maximum atomic E-state index is 4.70. The molecule has 0 aliphatic carbocycles. The molecule has 0 N–H and O–H groups in total. The number of benzene rings is 4. The zero-order valence-corrected chi connectivity index (χ0v) is 23.2. The van der Waals surface area contributed by atoms with Gasteiger partial charge < -0.3 is 4.98 Å². The van der Waals surface area contributed by atoms with E-state index in [0.29, 0.717) is 5.82 Å². The number of aromatic nitrogens is 4. The van der Waals surface area contributed by atoms with Crippen LogP contribution in [0.4, 0.5) is 0 Å². The van der Waals surface area contributed by atoms with E-state index >= 15 is 0 Å². The van der Waals surface area contributed by atoms with Crippen molar-refractivity contribution in [1.82, 2.24) is 19.9 Å². The fourth-order valence-electron chi connectivity index (χ4n) is 4.27. The van der Waals surface area contributed by atoms with Gasteiger partial charge in [0.05, 0.1) is 11.3 Å². The molecule has 3 heterocycles. The van der Waals surface area contributed by atoms with Crippen molar-refractivity contribution in [1.29, 1.82) is 0 Å². The molecule has 0 atom stereocenters. The molecule has 3 aromatic heterocycles. The SMILES string of the molecule is [Ir].[c-]1ccccc1-c1cc(-c2ccccc2)ccn1.[c-]1ccccc1-c1ncc2ccc3cnccc3c2n1. The first-order valence-corrected chi connectivity index (χ1v) is 12.3. The minimum atomic E-state index is 0. The van der Waals surface area contributed by atoms with Crippen LogP contribution in [0.25, 0.3) is 55.4 Å². The smallest absolute Gasteiger partial charge is 0.0756 e. The minimum Gasteiger partial charge on any atom is -0.305 e. The van der Waals surface area contributed by atoms with E-state index in [2.05, 4.69) is 45.3 Å². The summed E-state index contributed by atoms with van der Waals surface area (Å²) in [5.41, 5.74) is 6.22. The van der Waals surface area contributed by atoms with E-state index in [1.165, 1.54) is 11.1 Å². The van der Waals surface area contributed by atoms with Crippen LogP contribution in [-0.2, 0) is 20.1 Å². The van der Waals surface area contributed by atoms with E-state index < -0.39 is 0 Å². The quantitative estimate of drug-likeness (QED) is 0.141. The largest absolute Gasteiger partial charge is 0.305 e. The molecule has 0 saturated heterocycles. The number of hydrogen-bond donors (Lipinski definition) is 0. The molecule has 0 unspecified atom stereocenters. The van der Waals surface area contributed by atoms with Gasteiger partial charge in [-0.2, -0.15) is 0 Å². The molecule has 4 nitrogen and oxygen atoms in total. The monoisotopic (exact) mass is 679 g/mol. The van der Waals surface area contributed by atoms with Gasteiger partial charge in [-0.1, -0.05) is 48.5 Å². The zero-order valence-electron chi connectivity index (χ0n) is 20.8. The van der Waals surface area contributed by atoms with E-state index in [0.717, 1.165) is 38.5 Å². The second-order valence-electron chi connectivity index (χ2n) is 8.64. The van der Waals surface area contributed by atoms with Crippen molar-refractivity contribution in [2.75, 3.05) is 0 Å². The first kappa shape index (κ1) is 26.1. The molecule has 5 heteroatoms. The van der Waals surface area contributed by atoms with E-state index in [9.17, 15) is 0 Å². The summed E-state index contributed by atoms with van der Waals surface area (Å²) < 4.78 is 0. The molecule has 1 radical (unpaired) electrons. The first-order valence-electron chi connectivity index (χ1n) is 12.3. The molecule has 189 valence electrons. The van der Waals surface area contributed by atoms with E-state index in [1.807, 2.05) is 110 Å². The average Bonchev–Trinajstić information content (AvgIpc) is 3.02. The Morgan fingerprint density at radius 3 is 2.08 bits per heavy atom. The fraction of sp³-hybridized carbons (Fsp3) is 0. The average molecular weight is 679 g/mol. The van der Waals surface area contributed by atoms with Crippen LogP contribution in [0, 0.1) is 12.1 Å². The molecular formula is C34H22IrN4-2. The van der Waals surface area contributed by atoms with Gasteiger partial charge in [0.2, 0.25) is 0 Å². The summed E-state index contributed by atoms with van der Waals surface area (Å²) in [5, 5.41) is 3.21. The third kappa shape index (κ3) is 5.96. The maximum Gasteiger partial charge on any atom is 0.0756 e. The predicted octanol–water partition coefficient (Wildman–Crippen LogP) is 7.86. The van der Waals surface area contributed by atoms with Gasteiger partial charge in [-0.3, -0.25) is 15.0 Å². The van der Waals surface area contributed by atoms with Crippen LogP contribution < -0.4 is 0 Å². The van der Waals surface area contributed by atoms with Gasteiger partial charge in [0.1, 0.15) is 0 Å². The van der Waals surface area contributed by atoms with E-state index in [1.54, 1.807) is 6.20 Å². The molecule has 7 rings (SSSR count). The second-order valence-corrected chi connectivity index (χ2v) is 8.64. The zero-order chi connectivity index (χ0) is 25.6. The molecule has 7 aromatic rings. The van der Waals surface area contributed by atoms with Crippen molar-refractivity contribution in [2.45, 2.75) is 0 Å². The number of pyridine rings is 2. The van der Waals surface area contributed by atoms with Gasteiger partial charge in [0.15, 0.2) is 0 Å². The summed E-state index contributed by atoms with van der Waals surface area (Å²) in [4.78, 5) is 17.7. The van der Waals surface area contributed by atoms with Crippen molar-refractivity contribution in [3.63, 3.8) is 0 Å². The van der Waals surface area contributed by atoms with Crippen LogP contribution in [0.1, 0.15) is 0 Å². The van der Waals surface area contributed by atoms with Crippen molar-refractivity contribution in [3.05, 3.63) is 146 Å². The summed E-state index contributed by atoms with van der Waals surface area (Å²) in [7, 11) is 0. The molecule has 0 aliphatic heterocycles. The van der Waals surface area contributed by atoms with Gasteiger partial charge >= 0.3 is 0 Å². The molecule has 0 spiro atoms. The van der Waals surface area contributed by atoms with Crippen molar-refractivity contribution in [3.8, 4) is 33.8 Å². The van der Waals surface area contributed by atoms with Crippen LogP contribution in [0.2, 0.25) is 0 Å². The molecule has 39 heavy (non-hydrogen) atoms.